The summed E-state index contributed by atoms with van der Waals surface area (Å²) in [7, 11) is -3.95. The van der Waals surface area contributed by atoms with Crippen molar-refractivity contribution in [2.75, 3.05) is 0 Å². The Kier molecular flexibility index (Phi) is 4.10. The normalized spacial score (nSPS) is 16.2. The van der Waals surface area contributed by atoms with Gasteiger partial charge in [-0.3, -0.25) is 4.79 Å². The molecule has 2 aromatic carbocycles. The highest BCUT2D eigenvalue weighted by Crippen LogP contribution is 2.25. The number of hydrogen-bond donors (Lipinski definition) is 0. The van der Waals surface area contributed by atoms with Crippen molar-refractivity contribution in [1.29, 1.82) is 0 Å². The van der Waals surface area contributed by atoms with Crippen LogP contribution in [0.3, 0.4) is 0 Å². The van der Waals surface area contributed by atoms with E-state index in [2.05, 4.69) is 4.40 Å². The lowest BCUT2D eigenvalue weighted by Gasteiger charge is -2.14. The summed E-state index contributed by atoms with van der Waals surface area (Å²) in [4.78, 5) is 12.0. The van der Waals surface area contributed by atoms with Gasteiger partial charge < -0.3 is 0 Å². The topological polar surface area (TPSA) is 63.6 Å². The van der Waals surface area contributed by atoms with Crippen molar-refractivity contribution in [3.8, 4) is 0 Å². The molecule has 0 fully saturated rings. The van der Waals surface area contributed by atoms with Gasteiger partial charge in [0.25, 0.3) is 10.0 Å². The van der Waals surface area contributed by atoms with Crippen molar-refractivity contribution >= 4 is 44.7 Å². The Morgan fingerprint density at radius 3 is 2.13 bits per heavy atom. The van der Waals surface area contributed by atoms with E-state index < -0.39 is 10.0 Å². The second-order valence-electron chi connectivity index (χ2n) is 4.77. The van der Waals surface area contributed by atoms with Crippen LogP contribution in [0, 0.1) is 0 Å². The van der Waals surface area contributed by atoms with E-state index in [0.29, 0.717) is 16.1 Å². The molecule has 0 bridgehead atoms. The molecule has 1 aliphatic rings. The summed E-state index contributed by atoms with van der Waals surface area (Å²) in [5, 5.41) is 0.349. The molecule has 0 radical (unpaired) electrons. The first-order chi connectivity index (χ1) is 10.9. The molecule has 0 saturated heterocycles. The number of nitrogens with zero attached hydrogens (tertiary/aromatic N) is 1. The van der Waals surface area contributed by atoms with Crippen molar-refractivity contribution < 1.29 is 13.2 Å². The minimum atomic E-state index is -3.95. The lowest BCUT2D eigenvalue weighted by molar-refractivity contribution is 0.104. The maximum atomic E-state index is 12.4. The molecule has 23 heavy (non-hydrogen) atoms. The largest absolute Gasteiger partial charge is 0.288 e. The second-order valence-corrected chi connectivity index (χ2v) is 7.22. The summed E-state index contributed by atoms with van der Waals surface area (Å²) in [6, 6.07) is 12.3. The Morgan fingerprint density at radius 2 is 1.48 bits per heavy atom. The maximum Gasteiger partial charge on any atom is 0.282 e. The third-order valence-electron chi connectivity index (χ3n) is 3.26. The smallest absolute Gasteiger partial charge is 0.282 e. The van der Waals surface area contributed by atoms with E-state index in [1.807, 2.05) is 0 Å². The van der Waals surface area contributed by atoms with Crippen LogP contribution in [0.15, 0.2) is 68.9 Å². The molecule has 116 valence electrons. The summed E-state index contributed by atoms with van der Waals surface area (Å²) in [5.41, 5.74) is 0.879. The van der Waals surface area contributed by atoms with E-state index in [1.54, 1.807) is 24.3 Å². The molecule has 1 aliphatic carbocycles. The Labute approximate surface area is 143 Å². The molecular weight excluding hydrogens is 357 g/mol. The number of allylic oxidation sites excluding steroid dienone is 2. The van der Waals surface area contributed by atoms with E-state index in [9.17, 15) is 13.2 Å². The first kappa shape index (κ1) is 15.9. The molecule has 0 unspecified atom stereocenters. The Hall–Kier alpha value is -1.95. The molecule has 0 atom stereocenters. The van der Waals surface area contributed by atoms with Crippen molar-refractivity contribution in [2.45, 2.75) is 4.90 Å². The molecule has 0 saturated carbocycles. The van der Waals surface area contributed by atoms with Crippen LogP contribution in [0.2, 0.25) is 5.02 Å². The van der Waals surface area contributed by atoms with E-state index >= 15 is 0 Å². The highest BCUT2D eigenvalue weighted by Gasteiger charge is 2.24. The predicted molar refractivity (Wildman–Crippen MR) is 89.9 cm³/mol. The van der Waals surface area contributed by atoms with Gasteiger partial charge in [0.2, 0.25) is 5.78 Å². The maximum absolute atomic E-state index is 12.4. The van der Waals surface area contributed by atoms with Gasteiger partial charge in [-0.1, -0.05) is 47.5 Å². The van der Waals surface area contributed by atoms with Gasteiger partial charge in [-0.2, -0.15) is 12.8 Å². The fraction of sp³-hybridized carbons (Fsp3) is 0. The third kappa shape index (κ3) is 3.08. The van der Waals surface area contributed by atoms with Crippen molar-refractivity contribution in [2.24, 2.45) is 4.40 Å². The van der Waals surface area contributed by atoms with Crippen LogP contribution in [0.1, 0.15) is 15.9 Å². The highest BCUT2D eigenvalue weighted by molar-refractivity contribution is 7.90. The number of carbonyl (C=O) groups excluding carboxylic acids is 1. The van der Waals surface area contributed by atoms with Crippen LogP contribution in [-0.4, -0.2) is 19.9 Å². The monoisotopic (exact) mass is 365 g/mol. The van der Waals surface area contributed by atoms with Crippen molar-refractivity contribution in [1.82, 2.24) is 0 Å². The zero-order chi connectivity index (χ0) is 16.6. The average molecular weight is 366 g/mol. The molecular formula is C16H9Cl2NO3S. The molecule has 0 heterocycles. The summed E-state index contributed by atoms with van der Waals surface area (Å²) in [6.07, 6.45) is 1.26. The standard InChI is InChI=1S/C16H9Cl2NO3S/c17-10-5-7-11(8-6-10)23(21,22)19-15-9-14(18)16(20)13-4-2-1-3-12(13)15/h1-9H/b19-15+. The van der Waals surface area contributed by atoms with Crippen LogP contribution in [-0.2, 0) is 10.0 Å². The molecule has 4 nitrogen and oxygen atoms in total. The van der Waals surface area contributed by atoms with Gasteiger partial charge in [0.1, 0.15) is 0 Å². The number of ketones is 1. The summed E-state index contributed by atoms with van der Waals surface area (Å²) < 4.78 is 28.7. The van der Waals surface area contributed by atoms with Gasteiger partial charge in [-0.05, 0) is 30.3 Å². The van der Waals surface area contributed by atoms with Crippen LogP contribution in [0.5, 0.6) is 0 Å². The molecule has 2 aromatic rings. The summed E-state index contributed by atoms with van der Waals surface area (Å²) in [5.74, 6) is -0.356. The van der Waals surface area contributed by atoms with Gasteiger partial charge in [0, 0.05) is 16.1 Å². The molecule has 0 amide bonds. The van der Waals surface area contributed by atoms with Crippen LogP contribution in [0.4, 0.5) is 0 Å². The van der Waals surface area contributed by atoms with Gasteiger partial charge in [-0.15, -0.1) is 0 Å². The second kappa shape index (κ2) is 5.92. The lowest BCUT2D eigenvalue weighted by atomic mass is 9.94. The fourth-order valence-electron chi connectivity index (χ4n) is 2.16. The third-order valence-corrected chi connectivity index (χ3v) is 5.10. The average Bonchev–Trinajstić information content (AvgIpc) is 2.52. The zero-order valence-electron chi connectivity index (χ0n) is 11.5. The van der Waals surface area contributed by atoms with Gasteiger partial charge in [-0.25, -0.2) is 0 Å². The first-order valence-electron chi connectivity index (χ1n) is 6.50. The Balaban J connectivity index is 2.15. The predicted octanol–water partition coefficient (Wildman–Crippen LogP) is 3.84. The van der Waals surface area contributed by atoms with E-state index in [4.69, 9.17) is 23.2 Å². The number of halogens is 2. The molecule has 0 aromatic heterocycles. The fourth-order valence-corrected chi connectivity index (χ4v) is 3.49. The Bertz CT molecular complexity index is 961. The molecule has 3 rings (SSSR count). The van der Waals surface area contributed by atoms with Gasteiger partial charge in [0.05, 0.1) is 15.6 Å². The summed E-state index contributed by atoms with van der Waals surface area (Å²) in [6.45, 7) is 0. The number of hydrogen-bond acceptors (Lipinski definition) is 3. The van der Waals surface area contributed by atoms with Crippen molar-refractivity contribution in [3.05, 3.63) is 75.8 Å². The van der Waals surface area contributed by atoms with Crippen LogP contribution in [0.25, 0.3) is 0 Å². The SMILES string of the molecule is O=C1C(Cl)=C/C(=N\S(=O)(=O)c2ccc(Cl)cc2)c2ccccc21. The number of Topliss-reactive ketones (excluding diaryl/α,β-unsaturated/α-hetero) is 1. The van der Waals surface area contributed by atoms with Crippen LogP contribution >= 0.6 is 23.2 Å². The molecule has 0 N–H and O–H groups in total. The quantitative estimate of drug-likeness (QED) is 0.811. The minimum absolute atomic E-state index is 0.00769. The highest BCUT2D eigenvalue weighted by atomic mass is 35.5. The molecule has 7 heteroatoms. The number of carbonyl (C=O) groups is 1. The molecule has 0 spiro atoms. The van der Waals surface area contributed by atoms with Crippen LogP contribution < -0.4 is 0 Å². The van der Waals surface area contributed by atoms with Crippen molar-refractivity contribution in [3.63, 3.8) is 0 Å². The van der Waals surface area contributed by atoms with Gasteiger partial charge >= 0.3 is 0 Å². The summed E-state index contributed by atoms with van der Waals surface area (Å²) >= 11 is 11.7. The van der Waals surface area contributed by atoms with E-state index in [1.165, 1.54) is 30.3 Å². The first-order valence-corrected chi connectivity index (χ1v) is 8.70. The van der Waals surface area contributed by atoms with Gasteiger partial charge in [0.15, 0.2) is 0 Å². The van der Waals surface area contributed by atoms with E-state index in [-0.39, 0.29) is 21.4 Å². The number of fused-ring (bicyclic) bond motifs is 1. The van der Waals surface area contributed by atoms with E-state index in [0.717, 1.165) is 0 Å². The minimum Gasteiger partial charge on any atom is -0.288 e. The number of benzene rings is 2. The number of sulfonamides is 1. The Morgan fingerprint density at radius 1 is 0.870 bits per heavy atom. The molecule has 0 aliphatic heterocycles. The zero-order valence-corrected chi connectivity index (χ0v) is 13.9. The lowest BCUT2D eigenvalue weighted by Crippen LogP contribution is -2.16. The number of rotatable bonds is 2.